The van der Waals surface area contributed by atoms with E-state index in [4.69, 9.17) is 0 Å². The molecule has 0 atom stereocenters. The molecular formula is C18H27NO2. The van der Waals surface area contributed by atoms with Crippen LogP contribution >= 0.6 is 0 Å². The van der Waals surface area contributed by atoms with Crippen LogP contribution in [0.3, 0.4) is 0 Å². The second kappa shape index (κ2) is 5.70. The van der Waals surface area contributed by atoms with E-state index < -0.39 is 0 Å². The van der Waals surface area contributed by atoms with Crippen molar-refractivity contribution in [3.63, 3.8) is 0 Å². The molecule has 0 heterocycles. The molecule has 1 aliphatic rings. The molecule has 1 aliphatic carbocycles. The molecule has 0 bridgehead atoms. The number of carbonyl (C=O) groups is 1. The van der Waals surface area contributed by atoms with Crippen LogP contribution in [0, 0.1) is 10.8 Å². The Morgan fingerprint density at radius 1 is 1.19 bits per heavy atom. The Bertz CT molecular complexity index is 504. The Labute approximate surface area is 127 Å². The maximum atomic E-state index is 12.2. The molecule has 1 saturated carbocycles. The Morgan fingerprint density at radius 3 is 2.33 bits per heavy atom. The molecule has 2 N–H and O–H groups in total. The zero-order valence-corrected chi connectivity index (χ0v) is 13.6. The van der Waals surface area contributed by atoms with Gasteiger partial charge in [0.15, 0.2) is 0 Å². The highest BCUT2D eigenvalue weighted by atomic mass is 16.3. The van der Waals surface area contributed by atoms with E-state index in [1.54, 1.807) is 18.2 Å². The summed E-state index contributed by atoms with van der Waals surface area (Å²) in [4.78, 5) is 12.2. The van der Waals surface area contributed by atoms with E-state index in [9.17, 15) is 9.90 Å². The van der Waals surface area contributed by atoms with Gasteiger partial charge in [-0.05, 0) is 36.2 Å². The smallest absolute Gasteiger partial charge is 0.224 e. The molecular weight excluding hydrogens is 262 g/mol. The van der Waals surface area contributed by atoms with Gasteiger partial charge >= 0.3 is 0 Å². The van der Waals surface area contributed by atoms with Crippen molar-refractivity contribution in [3.8, 4) is 5.75 Å². The molecule has 2 rings (SSSR count). The number of carbonyl (C=O) groups excluding carboxylic acids is 1. The van der Waals surface area contributed by atoms with Crippen molar-refractivity contribution in [2.24, 2.45) is 10.8 Å². The molecule has 0 aromatic heterocycles. The summed E-state index contributed by atoms with van der Waals surface area (Å²) >= 11 is 0. The Balaban J connectivity index is 1.98. The summed E-state index contributed by atoms with van der Waals surface area (Å²) in [7, 11) is 0. The van der Waals surface area contributed by atoms with Gasteiger partial charge in [-0.15, -0.1) is 0 Å². The summed E-state index contributed by atoms with van der Waals surface area (Å²) in [6.07, 6.45) is 3.46. The molecule has 1 fully saturated rings. The molecule has 0 aliphatic heterocycles. The summed E-state index contributed by atoms with van der Waals surface area (Å²) in [5.41, 5.74) is 1.20. The van der Waals surface area contributed by atoms with Gasteiger partial charge in [0.05, 0.1) is 6.42 Å². The first-order valence-electron chi connectivity index (χ1n) is 7.73. The Hall–Kier alpha value is -1.51. The van der Waals surface area contributed by atoms with Gasteiger partial charge in [-0.1, -0.05) is 45.9 Å². The van der Waals surface area contributed by atoms with Gasteiger partial charge in [0.1, 0.15) is 5.75 Å². The molecule has 0 spiro atoms. The molecule has 116 valence electrons. The summed E-state index contributed by atoms with van der Waals surface area (Å²) in [5, 5.41) is 12.9. The van der Waals surface area contributed by atoms with Crippen LogP contribution < -0.4 is 5.32 Å². The van der Waals surface area contributed by atoms with E-state index in [1.807, 2.05) is 6.07 Å². The fraction of sp³-hybridized carbons (Fsp3) is 0.611. The van der Waals surface area contributed by atoms with Crippen molar-refractivity contribution < 1.29 is 9.90 Å². The highest BCUT2D eigenvalue weighted by Crippen LogP contribution is 2.45. The van der Waals surface area contributed by atoms with E-state index >= 15 is 0 Å². The molecule has 3 heteroatoms. The van der Waals surface area contributed by atoms with Crippen LogP contribution in [0.4, 0.5) is 0 Å². The topological polar surface area (TPSA) is 49.3 Å². The first kappa shape index (κ1) is 15.9. The van der Waals surface area contributed by atoms with Gasteiger partial charge in [0, 0.05) is 11.6 Å². The zero-order chi connectivity index (χ0) is 15.7. The lowest BCUT2D eigenvalue weighted by atomic mass is 9.63. The van der Waals surface area contributed by atoms with Crippen molar-refractivity contribution in [2.75, 3.05) is 0 Å². The summed E-state index contributed by atoms with van der Waals surface area (Å²) in [5.74, 6) is 0.187. The van der Waals surface area contributed by atoms with Crippen molar-refractivity contribution in [1.82, 2.24) is 5.32 Å². The quantitative estimate of drug-likeness (QED) is 0.892. The molecule has 3 nitrogen and oxygen atoms in total. The maximum Gasteiger partial charge on any atom is 0.224 e. The number of nitrogens with one attached hydrogen (secondary N) is 1. The first-order chi connectivity index (χ1) is 9.67. The number of hydrogen-bond donors (Lipinski definition) is 2. The van der Waals surface area contributed by atoms with E-state index in [-0.39, 0.29) is 34.9 Å². The predicted molar refractivity (Wildman–Crippen MR) is 85.2 cm³/mol. The number of phenolic OH excluding ortho intramolecular Hbond substituents is 1. The number of benzene rings is 1. The van der Waals surface area contributed by atoms with Gasteiger partial charge < -0.3 is 10.4 Å². The van der Waals surface area contributed by atoms with Crippen LogP contribution in [-0.4, -0.2) is 17.1 Å². The maximum absolute atomic E-state index is 12.2. The highest BCUT2D eigenvalue weighted by molar-refractivity contribution is 5.79. The second-order valence-corrected chi connectivity index (χ2v) is 7.98. The molecule has 1 amide bonds. The molecule has 0 radical (unpaired) electrons. The summed E-state index contributed by atoms with van der Waals surface area (Å²) < 4.78 is 0. The van der Waals surface area contributed by atoms with Crippen LogP contribution in [-0.2, 0) is 11.2 Å². The minimum absolute atomic E-state index is 0.00463. The minimum Gasteiger partial charge on any atom is -0.508 e. The van der Waals surface area contributed by atoms with Gasteiger partial charge in [0.25, 0.3) is 0 Å². The standard InChI is InChI=1S/C18H27NO2/c1-17(2)10-14(11-18(3,4)12-17)19-16(21)9-13-7-5-6-8-15(13)20/h5-8,14,20H,9-12H2,1-4H3,(H,19,21). The van der Waals surface area contributed by atoms with Gasteiger partial charge in [-0.3, -0.25) is 4.79 Å². The van der Waals surface area contributed by atoms with Gasteiger partial charge in [0.2, 0.25) is 5.91 Å². The average molecular weight is 289 g/mol. The third kappa shape index (κ3) is 4.48. The van der Waals surface area contributed by atoms with Crippen LogP contribution in [0.25, 0.3) is 0 Å². The lowest BCUT2D eigenvalue weighted by Gasteiger charge is -2.45. The summed E-state index contributed by atoms with van der Waals surface area (Å²) in [6.45, 7) is 9.10. The normalized spacial score (nSPS) is 21.0. The van der Waals surface area contributed by atoms with E-state index in [0.29, 0.717) is 5.56 Å². The fourth-order valence-corrected chi connectivity index (χ4v) is 4.06. The highest BCUT2D eigenvalue weighted by Gasteiger charge is 2.38. The first-order valence-corrected chi connectivity index (χ1v) is 7.73. The van der Waals surface area contributed by atoms with Crippen molar-refractivity contribution in [3.05, 3.63) is 29.8 Å². The van der Waals surface area contributed by atoms with Crippen LogP contribution in [0.5, 0.6) is 5.75 Å². The molecule has 0 saturated heterocycles. The molecule has 0 unspecified atom stereocenters. The number of rotatable bonds is 3. The van der Waals surface area contributed by atoms with Crippen molar-refractivity contribution in [2.45, 2.75) is 59.4 Å². The lowest BCUT2D eigenvalue weighted by molar-refractivity contribution is -0.122. The van der Waals surface area contributed by atoms with Crippen molar-refractivity contribution >= 4 is 5.91 Å². The van der Waals surface area contributed by atoms with E-state index in [1.165, 1.54) is 6.42 Å². The number of amides is 1. The van der Waals surface area contributed by atoms with Gasteiger partial charge in [-0.25, -0.2) is 0 Å². The number of para-hydroxylation sites is 1. The molecule has 21 heavy (non-hydrogen) atoms. The number of phenols is 1. The molecule has 1 aromatic rings. The third-order valence-electron chi connectivity index (χ3n) is 4.26. The second-order valence-electron chi connectivity index (χ2n) is 7.98. The third-order valence-corrected chi connectivity index (χ3v) is 4.26. The largest absolute Gasteiger partial charge is 0.508 e. The van der Waals surface area contributed by atoms with Crippen molar-refractivity contribution in [1.29, 1.82) is 0 Å². The monoisotopic (exact) mass is 289 g/mol. The fourth-order valence-electron chi connectivity index (χ4n) is 4.06. The zero-order valence-electron chi connectivity index (χ0n) is 13.6. The van der Waals surface area contributed by atoms with Gasteiger partial charge in [-0.2, -0.15) is 0 Å². The van der Waals surface area contributed by atoms with E-state index in [2.05, 4.69) is 33.0 Å². The number of aromatic hydroxyl groups is 1. The molecule has 1 aromatic carbocycles. The lowest BCUT2D eigenvalue weighted by Crippen LogP contribution is -2.46. The Morgan fingerprint density at radius 2 is 1.76 bits per heavy atom. The van der Waals surface area contributed by atoms with Crippen LogP contribution in [0.2, 0.25) is 0 Å². The van der Waals surface area contributed by atoms with E-state index in [0.717, 1.165) is 12.8 Å². The Kier molecular flexibility index (Phi) is 4.31. The SMILES string of the molecule is CC1(C)CC(NC(=O)Cc2ccccc2O)CC(C)(C)C1. The average Bonchev–Trinajstić information content (AvgIpc) is 2.27. The minimum atomic E-state index is -0.00463. The predicted octanol–water partition coefficient (Wildman–Crippen LogP) is 3.66. The van der Waals surface area contributed by atoms with Crippen LogP contribution in [0.1, 0.15) is 52.5 Å². The van der Waals surface area contributed by atoms with Crippen LogP contribution in [0.15, 0.2) is 24.3 Å². The number of hydrogen-bond acceptors (Lipinski definition) is 2. The summed E-state index contributed by atoms with van der Waals surface area (Å²) in [6, 6.07) is 7.25.